The first-order chi connectivity index (χ1) is 57.5. The molecule has 36 heteroatoms. The molecule has 3 aromatic carbocycles. The number of hydrogen-bond donors (Lipinski definition) is 15. The molecule has 0 spiro atoms. The lowest BCUT2D eigenvalue weighted by Crippen LogP contribution is -2.59. The minimum absolute atomic E-state index is 0.0122. The van der Waals surface area contributed by atoms with Crippen molar-refractivity contribution in [3.63, 3.8) is 0 Å². The number of phenolic OH excluding ortho intramolecular Hbond substituents is 1. The molecule has 2 heterocycles. The van der Waals surface area contributed by atoms with E-state index in [2.05, 4.69) is 58.2 Å². The van der Waals surface area contributed by atoms with Gasteiger partial charge in [-0.05, 0) is 118 Å². The van der Waals surface area contributed by atoms with Gasteiger partial charge in [-0.1, -0.05) is 128 Å². The number of methoxy groups -OCH3 is 2. The monoisotopic (exact) mass is 1690 g/mol. The molecule has 36 nitrogen and oxygen atoms in total. The molecule has 2 fully saturated rings. The second-order valence-electron chi connectivity index (χ2n) is 32.1. The number of hydrogen-bond acceptors (Lipinski definition) is 20. The highest BCUT2D eigenvalue weighted by Crippen LogP contribution is 2.31. The number of aliphatic imine (C=N–C) groups is 1. The van der Waals surface area contributed by atoms with E-state index < -0.39 is 138 Å². The Kier molecular flexibility index (Phi) is 43.0. The van der Waals surface area contributed by atoms with Gasteiger partial charge in [0.15, 0.2) is 5.96 Å². The number of likely N-dealkylation sites (tertiary alicyclic amines) is 2. The van der Waals surface area contributed by atoms with Gasteiger partial charge >= 0.3 is 12.0 Å². The highest BCUT2D eigenvalue weighted by molar-refractivity contribution is 6.02. The summed E-state index contributed by atoms with van der Waals surface area (Å²) in [5.74, 6) is -9.70. The molecule has 0 aromatic heterocycles. The second kappa shape index (κ2) is 51.7. The van der Waals surface area contributed by atoms with Crippen molar-refractivity contribution in [2.75, 3.05) is 81.2 Å². The number of likely N-dealkylation sites (N-methyl/N-ethyl adjacent to an activating group) is 2. The molecule has 0 unspecified atom stereocenters. The maximum absolute atomic E-state index is 14.8. The van der Waals surface area contributed by atoms with Gasteiger partial charge in [-0.25, -0.2) is 9.59 Å². The zero-order chi connectivity index (χ0) is 89.6. The van der Waals surface area contributed by atoms with E-state index in [0.717, 1.165) is 4.90 Å². The lowest BCUT2D eigenvalue weighted by molar-refractivity contribution is -0.148. The first-order valence-electron chi connectivity index (χ1n) is 41.9. The molecule has 2 aliphatic heterocycles. The van der Waals surface area contributed by atoms with Gasteiger partial charge in [-0.2, -0.15) is 0 Å². The fraction of sp³-hybridized carbons (Fsp3) is 0.612. The smallest absolute Gasteiger partial charge is 0.326 e. The van der Waals surface area contributed by atoms with Crippen molar-refractivity contribution in [3.05, 3.63) is 102 Å². The number of urea groups is 1. The Balaban J connectivity index is 1.32. The van der Waals surface area contributed by atoms with Crippen molar-refractivity contribution in [2.45, 2.75) is 230 Å². The normalized spacial score (nSPS) is 16.6. The molecular weight excluding hydrogens is 1560 g/mol. The van der Waals surface area contributed by atoms with E-state index in [4.69, 9.17) is 26.7 Å². The van der Waals surface area contributed by atoms with Crippen LogP contribution in [0.15, 0.2) is 89.9 Å². The quantitative estimate of drug-likeness (QED) is 0.0162. The number of benzene rings is 3. The number of carboxylic acid groups (broad SMARTS) is 1. The summed E-state index contributed by atoms with van der Waals surface area (Å²) < 4.78 is 12.2. The van der Waals surface area contributed by atoms with Gasteiger partial charge in [0.25, 0.3) is 0 Å². The lowest BCUT2D eigenvalue weighted by Gasteiger charge is -2.41. The van der Waals surface area contributed by atoms with Crippen LogP contribution in [0.2, 0.25) is 0 Å². The summed E-state index contributed by atoms with van der Waals surface area (Å²) >= 11 is 0. The van der Waals surface area contributed by atoms with Gasteiger partial charge in [0, 0.05) is 106 Å². The van der Waals surface area contributed by atoms with Crippen LogP contribution in [-0.2, 0) is 91.1 Å². The van der Waals surface area contributed by atoms with E-state index in [1.807, 2.05) is 60.5 Å². The molecule has 0 saturated carbocycles. The number of phenols is 1. The number of aromatic hydroxyl groups is 1. The molecule has 2 aliphatic rings. The number of rotatable bonds is 54. The number of primary amides is 1. The van der Waals surface area contributed by atoms with Gasteiger partial charge in [-0.3, -0.25) is 72.3 Å². The van der Waals surface area contributed by atoms with Crippen molar-refractivity contribution < 1.29 is 86.8 Å². The average Bonchev–Trinajstić information content (AvgIpc) is 1.77. The Morgan fingerprint density at radius 3 is 1.63 bits per heavy atom. The van der Waals surface area contributed by atoms with Crippen LogP contribution < -0.4 is 70.4 Å². The minimum atomic E-state index is -1.55. The van der Waals surface area contributed by atoms with Crippen LogP contribution in [0.5, 0.6) is 5.75 Å². The number of nitrogens with one attached hydrogen (secondary N) is 10. The van der Waals surface area contributed by atoms with Gasteiger partial charge in [-0.15, -0.1) is 0 Å². The third kappa shape index (κ3) is 33.2. The van der Waals surface area contributed by atoms with E-state index in [9.17, 15) is 77.3 Å². The number of ether oxygens (including phenoxy) is 2. The third-order valence-electron chi connectivity index (χ3n) is 22.0. The molecule has 2 saturated heterocycles. The first-order valence-corrected chi connectivity index (χ1v) is 41.9. The average molecular weight is 1690 g/mol. The molecule has 5 rings (SSSR count). The summed E-state index contributed by atoms with van der Waals surface area (Å²) in [6, 6.07) is 11.7. The molecule has 0 bridgehead atoms. The van der Waals surface area contributed by atoms with E-state index in [0.29, 0.717) is 48.9 Å². The van der Waals surface area contributed by atoms with Crippen molar-refractivity contribution >= 4 is 88.8 Å². The molecule has 14 amide bonds. The number of carbonyl (C=O) groups excluding carboxylic acids is 13. The summed E-state index contributed by atoms with van der Waals surface area (Å²) in [5.41, 5.74) is 18.1. The number of nitrogens with two attached hydrogens (primary N) is 3. The Labute approximate surface area is 710 Å². The summed E-state index contributed by atoms with van der Waals surface area (Å²) in [5, 5.41) is 48.1. The number of unbranched alkanes of at least 4 members (excludes halogenated alkanes) is 1. The van der Waals surface area contributed by atoms with Crippen LogP contribution in [0.3, 0.4) is 0 Å². The van der Waals surface area contributed by atoms with Crippen LogP contribution in [0.25, 0.3) is 0 Å². The number of guanidine groups is 1. The molecule has 670 valence electrons. The van der Waals surface area contributed by atoms with Crippen molar-refractivity contribution in [2.24, 2.45) is 45.9 Å². The van der Waals surface area contributed by atoms with Crippen LogP contribution in [0.4, 0.5) is 4.79 Å². The largest absolute Gasteiger partial charge is 0.508 e. The van der Waals surface area contributed by atoms with E-state index >= 15 is 0 Å². The Morgan fingerprint density at radius 2 is 1.09 bits per heavy atom. The standard InChI is InChI=1S/C85H132N18O18/c1-13-53(6)73(101(10)82(116)71(51(2)3)99-81(115)72(52(4)5)100(8)9)66(120-11)50-70(108)102-45-24-32-65(102)74(121-12)54(7)75(109)97-62(47-55-25-16-14-17-26-55)77(111)91-43-39-67(105)94-63(48-56-27-18-15-19-28-56)80(114)96-61(31-23-42-93-85(88)119)78(112)95-60(79(113)98-64(83(117)118)49-57-33-35-58(104)36-34-57)29-20-21-40-90-76(110)59(30-22-41-92-84(86)87)89-44-46-103-68(106)37-38-69(103)107/h14-19,25-28,33-36,51-54,59-66,71-74,89,104H,13,20-24,29-32,37-50H2,1-12H3,(H,90,110)(H,91,111)(H,94,105)(H,95,112)(H,96,114)(H,97,109)(H,98,113)(H,99,115)(H,117,118)(H4,86,87,92)(H3,88,93,119)/t53-,54+,59+,60-,61-,62-,63-,64-,65-,66+,71-,72-,73-,74+/m0/s1. The SMILES string of the molecule is CC[C@H](C)[C@@H]([C@@H](CC(=O)N1CCC[C@H]1[C@H](OC)[C@@H](C)C(=O)N[C@@H](Cc1ccccc1)C(=O)NCCC(=O)N[C@@H](Cc1ccccc1)C(=O)N[C@@H](CCCNC(N)=O)C(=O)N[C@@H](CCCCNC(=O)[C@@H](CCCN=C(N)N)NCCN1C(=O)CCC1=O)C(=O)N[C@@H](Cc1ccc(O)cc1)C(=O)O)OC)N(C)C(=O)[C@@H](NC(=O)[C@H](C(C)C)N(C)C)C(C)C. The van der Waals surface area contributed by atoms with Crippen LogP contribution in [0, 0.1) is 23.7 Å². The second-order valence-corrected chi connectivity index (χ2v) is 32.1. The highest BCUT2D eigenvalue weighted by atomic mass is 16.5. The van der Waals surface area contributed by atoms with Gasteiger partial charge in [0.2, 0.25) is 70.9 Å². The Bertz CT molecular complexity index is 3890. The maximum Gasteiger partial charge on any atom is 0.326 e. The maximum atomic E-state index is 14.8. The molecule has 0 radical (unpaired) electrons. The summed E-state index contributed by atoms with van der Waals surface area (Å²) in [4.78, 5) is 204. The Hall–Kier alpha value is -10.8. The van der Waals surface area contributed by atoms with Crippen molar-refractivity contribution in [1.29, 1.82) is 0 Å². The molecule has 0 aliphatic carbocycles. The van der Waals surface area contributed by atoms with E-state index in [1.165, 1.54) is 38.5 Å². The fourth-order valence-electron chi connectivity index (χ4n) is 15.3. The number of aliphatic carboxylic acids is 1. The number of carbonyl (C=O) groups is 14. The van der Waals surface area contributed by atoms with Gasteiger partial charge in [0.1, 0.15) is 42.0 Å². The zero-order valence-electron chi connectivity index (χ0n) is 72.2. The molecule has 14 atom stereocenters. The lowest BCUT2D eigenvalue weighted by atomic mass is 9.89. The van der Waals surface area contributed by atoms with Crippen molar-refractivity contribution in [3.8, 4) is 5.75 Å². The summed E-state index contributed by atoms with van der Waals surface area (Å²) in [6.45, 7) is 13.6. The van der Waals surface area contributed by atoms with Crippen LogP contribution in [0.1, 0.15) is 155 Å². The molecule has 18 N–H and O–H groups in total. The van der Waals surface area contributed by atoms with Gasteiger partial charge < -0.3 is 99.9 Å². The Morgan fingerprint density at radius 1 is 0.570 bits per heavy atom. The van der Waals surface area contributed by atoms with E-state index in [1.54, 1.807) is 84.4 Å². The summed E-state index contributed by atoms with van der Waals surface area (Å²) in [6.07, 6.45) is 0.0233. The number of imide groups is 1. The molecular formula is C85H132N18O18. The third-order valence-corrected chi connectivity index (χ3v) is 22.0. The van der Waals surface area contributed by atoms with Crippen molar-refractivity contribution in [1.82, 2.24) is 72.8 Å². The molecule has 3 aromatic rings. The number of carboxylic acids is 1. The summed E-state index contributed by atoms with van der Waals surface area (Å²) in [7, 11) is 8.25. The van der Waals surface area contributed by atoms with Crippen LogP contribution >= 0.6 is 0 Å². The van der Waals surface area contributed by atoms with E-state index in [-0.39, 0.29) is 175 Å². The predicted molar refractivity (Wildman–Crippen MR) is 454 cm³/mol. The highest BCUT2D eigenvalue weighted by Gasteiger charge is 2.45. The zero-order valence-corrected chi connectivity index (χ0v) is 72.2. The number of nitrogens with zero attached hydrogens (tertiary/aromatic N) is 5. The fourth-order valence-corrected chi connectivity index (χ4v) is 15.3. The minimum Gasteiger partial charge on any atom is -0.508 e. The first kappa shape index (κ1) is 101. The molecule has 121 heavy (non-hydrogen) atoms. The van der Waals surface area contributed by atoms with Crippen LogP contribution in [-0.4, -0.2) is 272 Å². The predicted octanol–water partition coefficient (Wildman–Crippen LogP) is 0.978. The number of amides is 14. The van der Waals surface area contributed by atoms with Gasteiger partial charge in [0.05, 0.1) is 48.7 Å². The topological polar surface area (TPSA) is 522 Å².